The van der Waals surface area contributed by atoms with E-state index in [-0.39, 0.29) is 23.1 Å². The molecule has 150 valence electrons. The second-order valence-corrected chi connectivity index (χ2v) is 8.83. The molecular weight excluding hydrogens is 431 g/mol. The average Bonchev–Trinajstić information content (AvgIpc) is 2.96. The monoisotopic (exact) mass is 452 g/mol. The lowest BCUT2D eigenvalue weighted by Crippen LogP contribution is -2.44. The summed E-state index contributed by atoms with van der Waals surface area (Å²) in [5.74, 6) is 1.35. The molecule has 0 saturated carbocycles. The number of carbonyl (C=O) groups is 1. The number of allylic oxidation sites excluding steroid dienone is 3. The lowest BCUT2D eigenvalue weighted by Gasteiger charge is -2.37. The van der Waals surface area contributed by atoms with Gasteiger partial charge < -0.3 is 19.6 Å². The molecule has 0 aliphatic carbocycles. The highest BCUT2D eigenvalue weighted by Crippen LogP contribution is 2.40. The van der Waals surface area contributed by atoms with Crippen LogP contribution in [0.2, 0.25) is 0 Å². The molecule has 1 saturated heterocycles. The normalized spacial score (nSPS) is 22.0. The molecule has 6 nitrogen and oxygen atoms in total. The number of amides is 1. The number of fused-ring (bicyclic) bond motifs is 1. The van der Waals surface area contributed by atoms with Crippen LogP contribution in [0.5, 0.6) is 0 Å². The van der Waals surface area contributed by atoms with Gasteiger partial charge in [0.2, 0.25) is 0 Å². The van der Waals surface area contributed by atoms with Crippen molar-refractivity contribution in [1.82, 2.24) is 4.90 Å². The maximum absolute atomic E-state index is 14.1. The van der Waals surface area contributed by atoms with Crippen LogP contribution in [0.3, 0.4) is 0 Å². The van der Waals surface area contributed by atoms with E-state index in [1.165, 1.54) is 11.0 Å². The van der Waals surface area contributed by atoms with Gasteiger partial charge in [0.1, 0.15) is 17.4 Å². The number of anilines is 1. The van der Waals surface area contributed by atoms with E-state index in [0.29, 0.717) is 16.9 Å². The van der Waals surface area contributed by atoms with Crippen molar-refractivity contribution in [3.8, 4) is 0 Å². The third kappa shape index (κ3) is 3.85. The van der Waals surface area contributed by atoms with Crippen LogP contribution in [0, 0.1) is 5.82 Å². The number of benzene rings is 1. The molecule has 0 spiro atoms. The number of hydrogen-bond donors (Lipinski definition) is 1. The van der Waals surface area contributed by atoms with E-state index >= 15 is 0 Å². The SMILES string of the molecule is CC1=CC(=C=O)c2cc(F)c(Br)cc2N1[C@H]1CN(C(=O)OC(C)(C)C)C[C@@H]1O. The summed E-state index contributed by atoms with van der Waals surface area (Å²) >= 11 is 3.18. The Hall–Kier alpha value is -2.15. The topological polar surface area (TPSA) is 70.1 Å². The highest BCUT2D eigenvalue weighted by Gasteiger charge is 2.41. The fourth-order valence-corrected chi connectivity index (χ4v) is 3.85. The Labute approximate surface area is 171 Å². The molecule has 8 heteroatoms. The number of likely N-dealkylation sites (tertiary alicyclic amines) is 1. The zero-order chi connectivity index (χ0) is 20.8. The standard InChI is InChI=1S/C20H22BrFN2O4/c1-11-5-12(10-25)13-6-15(22)14(21)7-16(13)24(11)17-8-23(9-18(17)26)19(27)28-20(2,3)4/h5-7,17-18,26H,8-9H2,1-4H3/t17-,18-/m0/s1. The Morgan fingerprint density at radius 2 is 2.04 bits per heavy atom. The van der Waals surface area contributed by atoms with Crippen LogP contribution in [0.15, 0.2) is 28.4 Å². The van der Waals surface area contributed by atoms with Crippen molar-refractivity contribution in [3.05, 3.63) is 39.8 Å². The molecular formula is C20H22BrFN2O4. The van der Waals surface area contributed by atoms with Gasteiger partial charge in [-0.3, -0.25) is 0 Å². The quantitative estimate of drug-likeness (QED) is 0.660. The first-order valence-electron chi connectivity index (χ1n) is 8.90. The summed E-state index contributed by atoms with van der Waals surface area (Å²) in [6, 6.07) is 2.37. The molecule has 0 bridgehead atoms. The third-order valence-corrected chi connectivity index (χ3v) is 5.28. The number of aliphatic hydroxyl groups excluding tert-OH is 1. The minimum atomic E-state index is -0.839. The Kier molecular flexibility index (Phi) is 5.40. The molecule has 28 heavy (non-hydrogen) atoms. The maximum Gasteiger partial charge on any atom is 0.410 e. The fourth-order valence-electron chi connectivity index (χ4n) is 3.52. The van der Waals surface area contributed by atoms with Crippen LogP contribution < -0.4 is 4.90 Å². The molecule has 1 aromatic carbocycles. The van der Waals surface area contributed by atoms with Crippen LogP contribution in [-0.4, -0.2) is 52.9 Å². The minimum absolute atomic E-state index is 0.122. The smallest absolute Gasteiger partial charge is 0.410 e. The third-order valence-electron chi connectivity index (χ3n) is 4.67. The number of rotatable bonds is 1. The number of aliphatic hydroxyl groups is 1. The molecule has 2 atom stereocenters. The van der Waals surface area contributed by atoms with E-state index in [2.05, 4.69) is 15.9 Å². The van der Waals surface area contributed by atoms with Gasteiger partial charge in [-0.15, -0.1) is 0 Å². The first-order valence-corrected chi connectivity index (χ1v) is 9.69. The molecule has 2 heterocycles. The van der Waals surface area contributed by atoms with Gasteiger partial charge in [-0.25, -0.2) is 14.0 Å². The van der Waals surface area contributed by atoms with Crippen LogP contribution in [-0.2, 0) is 9.53 Å². The molecule has 1 fully saturated rings. The van der Waals surface area contributed by atoms with Crippen LogP contribution in [0.25, 0.3) is 5.57 Å². The summed E-state index contributed by atoms with van der Waals surface area (Å²) in [5, 5.41) is 10.7. The van der Waals surface area contributed by atoms with Gasteiger partial charge in [0.05, 0.1) is 34.4 Å². The lowest BCUT2D eigenvalue weighted by molar-refractivity contribution is 0.0270. The first kappa shape index (κ1) is 20.6. The first-order chi connectivity index (χ1) is 13.0. The van der Waals surface area contributed by atoms with Gasteiger partial charge in [-0.1, -0.05) is 0 Å². The van der Waals surface area contributed by atoms with E-state index in [1.807, 2.05) is 10.8 Å². The Balaban J connectivity index is 1.96. The van der Waals surface area contributed by atoms with Crippen molar-refractivity contribution in [2.45, 2.75) is 45.4 Å². The van der Waals surface area contributed by atoms with Crippen molar-refractivity contribution in [2.75, 3.05) is 18.0 Å². The highest BCUT2D eigenvalue weighted by molar-refractivity contribution is 9.10. The second kappa shape index (κ2) is 7.35. The van der Waals surface area contributed by atoms with Crippen LogP contribution in [0.1, 0.15) is 33.3 Å². The number of ether oxygens (including phenoxy) is 1. The van der Waals surface area contributed by atoms with Crippen molar-refractivity contribution < 1.29 is 23.8 Å². The molecule has 3 rings (SSSR count). The zero-order valence-corrected chi connectivity index (χ0v) is 17.7. The van der Waals surface area contributed by atoms with E-state index in [1.54, 1.807) is 39.8 Å². The number of hydrogen-bond acceptors (Lipinski definition) is 5. The summed E-state index contributed by atoms with van der Waals surface area (Å²) in [4.78, 5) is 27.0. The summed E-state index contributed by atoms with van der Waals surface area (Å²) in [6.45, 7) is 7.49. The fraction of sp³-hybridized carbons (Fsp3) is 0.450. The Bertz CT molecular complexity index is 902. The number of β-amino-alcohol motifs (C(OH)–C–C–N with tert-alkyl or cyclic N) is 1. The molecule has 1 N–H and O–H groups in total. The van der Waals surface area contributed by atoms with Gasteiger partial charge in [0, 0.05) is 17.8 Å². The van der Waals surface area contributed by atoms with E-state index < -0.39 is 29.7 Å². The summed E-state index contributed by atoms with van der Waals surface area (Å²) in [7, 11) is 0. The minimum Gasteiger partial charge on any atom is -0.444 e. The summed E-state index contributed by atoms with van der Waals surface area (Å²) < 4.78 is 19.7. The molecule has 0 aromatic heterocycles. The summed E-state index contributed by atoms with van der Waals surface area (Å²) in [6.07, 6.45) is 0.266. The lowest BCUT2D eigenvalue weighted by atomic mass is 9.96. The van der Waals surface area contributed by atoms with Gasteiger partial charge in [-0.05, 0) is 61.8 Å². The zero-order valence-electron chi connectivity index (χ0n) is 16.1. The molecule has 2 aliphatic heterocycles. The Morgan fingerprint density at radius 1 is 1.36 bits per heavy atom. The number of nitrogens with zero attached hydrogens (tertiary/aromatic N) is 2. The predicted molar refractivity (Wildman–Crippen MR) is 107 cm³/mol. The van der Waals surface area contributed by atoms with Crippen molar-refractivity contribution in [3.63, 3.8) is 0 Å². The van der Waals surface area contributed by atoms with Gasteiger partial charge >= 0.3 is 6.09 Å². The van der Waals surface area contributed by atoms with E-state index in [9.17, 15) is 19.1 Å². The number of carbonyl (C=O) groups excluding carboxylic acids is 2. The molecule has 2 aliphatic rings. The van der Waals surface area contributed by atoms with Crippen LogP contribution >= 0.6 is 15.9 Å². The van der Waals surface area contributed by atoms with Gasteiger partial charge in [0.15, 0.2) is 0 Å². The van der Waals surface area contributed by atoms with Crippen molar-refractivity contribution >= 4 is 39.2 Å². The van der Waals surface area contributed by atoms with E-state index in [4.69, 9.17) is 4.74 Å². The van der Waals surface area contributed by atoms with Crippen molar-refractivity contribution in [1.29, 1.82) is 0 Å². The van der Waals surface area contributed by atoms with Crippen LogP contribution in [0.4, 0.5) is 14.9 Å². The van der Waals surface area contributed by atoms with Gasteiger partial charge in [0.25, 0.3) is 0 Å². The highest BCUT2D eigenvalue weighted by atomic mass is 79.9. The molecule has 0 unspecified atom stereocenters. The molecule has 1 amide bonds. The largest absolute Gasteiger partial charge is 0.444 e. The summed E-state index contributed by atoms with van der Waals surface area (Å²) in [5.41, 5.74) is 1.26. The molecule has 1 aromatic rings. The predicted octanol–water partition coefficient (Wildman–Crippen LogP) is 3.51. The van der Waals surface area contributed by atoms with Crippen molar-refractivity contribution in [2.24, 2.45) is 0 Å². The van der Waals surface area contributed by atoms with Gasteiger partial charge in [-0.2, -0.15) is 0 Å². The maximum atomic E-state index is 14.1. The molecule has 0 radical (unpaired) electrons. The second-order valence-electron chi connectivity index (χ2n) is 7.97. The Morgan fingerprint density at radius 3 is 2.64 bits per heavy atom. The van der Waals surface area contributed by atoms with E-state index in [0.717, 1.165) is 0 Å². The number of halogens is 2. The average molecular weight is 453 g/mol.